The lowest BCUT2D eigenvalue weighted by molar-refractivity contribution is 0.102. The minimum atomic E-state index is -3.91. The molecule has 0 spiro atoms. The van der Waals surface area contributed by atoms with Crippen molar-refractivity contribution in [3.8, 4) is 5.75 Å². The van der Waals surface area contributed by atoms with E-state index in [0.29, 0.717) is 10.7 Å². The largest absolute Gasteiger partial charge is 0.495 e. The van der Waals surface area contributed by atoms with Crippen LogP contribution in [0.15, 0.2) is 77.7 Å². The zero-order valence-electron chi connectivity index (χ0n) is 16.5. The van der Waals surface area contributed by atoms with Crippen molar-refractivity contribution in [2.45, 2.75) is 11.4 Å². The highest BCUT2D eigenvalue weighted by Gasteiger charge is 2.26. The molecule has 0 saturated carbocycles. The molecule has 30 heavy (non-hydrogen) atoms. The van der Waals surface area contributed by atoms with Crippen molar-refractivity contribution in [3.05, 3.63) is 88.9 Å². The van der Waals surface area contributed by atoms with E-state index in [4.69, 9.17) is 16.3 Å². The van der Waals surface area contributed by atoms with Gasteiger partial charge in [0.25, 0.3) is 5.91 Å². The summed E-state index contributed by atoms with van der Waals surface area (Å²) >= 11 is 6.09. The molecule has 3 aromatic rings. The van der Waals surface area contributed by atoms with Crippen molar-refractivity contribution in [1.82, 2.24) is 4.31 Å². The van der Waals surface area contributed by atoms with E-state index in [-0.39, 0.29) is 22.8 Å². The van der Waals surface area contributed by atoms with Crippen molar-refractivity contribution < 1.29 is 17.9 Å². The Bertz CT molecular complexity index is 1150. The Morgan fingerprint density at radius 2 is 1.70 bits per heavy atom. The summed E-state index contributed by atoms with van der Waals surface area (Å²) in [6.07, 6.45) is 0. The van der Waals surface area contributed by atoms with E-state index >= 15 is 0 Å². The van der Waals surface area contributed by atoms with Gasteiger partial charge in [0.15, 0.2) is 0 Å². The van der Waals surface area contributed by atoms with Crippen LogP contribution in [-0.2, 0) is 16.6 Å². The van der Waals surface area contributed by atoms with Crippen LogP contribution in [0.25, 0.3) is 0 Å². The van der Waals surface area contributed by atoms with Crippen LogP contribution in [-0.4, -0.2) is 32.8 Å². The minimum Gasteiger partial charge on any atom is -0.495 e. The number of nitrogens with one attached hydrogen (secondary N) is 1. The Balaban J connectivity index is 1.91. The van der Waals surface area contributed by atoms with E-state index in [2.05, 4.69) is 5.32 Å². The number of carbonyl (C=O) groups excluding carboxylic acids is 1. The fraction of sp³-hybridized carbons (Fsp3) is 0.136. The fourth-order valence-corrected chi connectivity index (χ4v) is 4.39. The summed E-state index contributed by atoms with van der Waals surface area (Å²) in [5.74, 6) is -0.322. The molecule has 3 aromatic carbocycles. The summed E-state index contributed by atoms with van der Waals surface area (Å²) in [5.41, 5.74) is 1.45. The number of ether oxygens (including phenoxy) is 1. The highest BCUT2D eigenvalue weighted by atomic mass is 35.5. The highest BCUT2D eigenvalue weighted by molar-refractivity contribution is 7.89. The molecule has 8 heteroatoms. The van der Waals surface area contributed by atoms with Crippen molar-refractivity contribution in [3.63, 3.8) is 0 Å². The maximum absolute atomic E-state index is 13.2. The van der Waals surface area contributed by atoms with Crippen LogP contribution in [0, 0.1) is 0 Å². The van der Waals surface area contributed by atoms with Gasteiger partial charge in [0.05, 0.1) is 17.8 Å². The third kappa shape index (κ3) is 4.81. The molecule has 0 bridgehead atoms. The van der Waals surface area contributed by atoms with Crippen LogP contribution >= 0.6 is 11.6 Å². The molecular weight excluding hydrogens is 424 g/mol. The van der Waals surface area contributed by atoms with Gasteiger partial charge in [0, 0.05) is 19.2 Å². The molecule has 156 valence electrons. The summed E-state index contributed by atoms with van der Waals surface area (Å²) in [6, 6.07) is 20.3. The molecule has 0 aliphatic heterocycles. The predicted octanol–water partition coefficient (Wildman–Crippen LogP) is 4.42. The molecule has 0 heterocycles. The lowest BCUT2D eigenvalue weighted by atomic mass is 10.2. The topological polar surface area (TPSA) is 75.7 Å². The van der Waals surface area contributed by atoms with Crippen LogP contribution in [0.1, 0.15) is 15.9 Å². The number of para-hydroxylation sites is 1. The molecule has 0 fully saturated rings. The molecule has 0 unspecified atom stereocenters. The summed E-state index contributed by atoms with van der Waals surface area (Å²) in [4.78, 5) is 12.6. The molecule has 1 N–H and O–H groups in total. The zero-order chi connectivity index (χ0) is 21.7. The predicted molar refractivity (Wildman–Crippen MR) is 117 cm³/mol. The van der Waals surface area contributed by atoms with E-state index in [9.17, 15) is 13.2 Å². The third-order valence-corrected chi connectivity index (χ3v) is 6.64. The SMILES string of the molecule is COc1ccc(C(=O)Nc2ccccc2Cl)cc1S(=O)(=O)N(C)Cc1ccccc1. The number of hydrogen-bond acceptors (Lipinski definition) is 4. The second-order valence-corrected chi connectivity index (χ2v) is 8.97. The molecule has 6 nitrogen and oxygen atoms in total. The van der Waals surface area contributed by atoms with E-state index in [1.807, 2.05) is 30.3 Å². The minimum absolute atomic E-state index is 0.0877. The lowest BCUT2D eigenvalue weighted by Gasteiger charge is -2.19. The van der Waals surface area contributed by atoms with Crippen LogP contribution in [0.4, 0.5) is 5.69 Å². The van der Waals surface area contributed by atoms with Gasteiger partial charge >= 0.3 is 0 Å². The number of rotatable bonds is 7. The smallest absolute Gasteiger partial charge is 0.255 e. The van der Waals surface area contributed by atoms with Gasteiger partial charge in [-0.2, -0.15) is 4.31 Å². The number of carbonyl (C=O) groups is 1. The van der Waals surface area contributed by atoms with Gasteiger partial charge in [-0.1, -0.05) is 54.1 Å². The number of amides is 1. The number of anilines is 1. The molecule has 3 rings (SSSR count). The average Bonchev–Trinajstić information content (AvgIpc) is 2.75. The number of methoxy groups -OCH3 is 1. The van der Waals surface area contributed by atoms with Gasteiger partial charge in [-0.25, -0.2) is 8.42 Å². The number of hydrogen-bond donors (Lipinski definition) is 1. The molecule has 0 atom stereocenters. The summed E-state index contributed by atoms with van der Waals surface area (Å²) in [5, 5.41) is 3.08. The first kappa shape index (κ1) is 21.8. The van der Waals surface area contributed by atoms with Crippen LogP contribution in [0.2, 0.25) is 5.02 Å². The van der Waals surface area contributed by atoms with Crippen molar-refractivity contribution in [2.75, 3.05) is 19.5 Å². The van der Waals surface area contributed by atoms with Crippen LogP contribution < -0.4 is 10.1 Å². The third-order valence-electron chi connectivity index (χ3n) is 4.48. The second-order valence-electron chi connectivity index (χ2n) is 6.55. The van der Waals surface area contributed by atoms with Crippen molar-refractivity contribution in [1.29, 1.82) is 0 Å². The first-order valence-electron chi connectivity index (χ1n) is 9.07. The standard InChI is InChI=1S/C22H21ClN2O4S/c1-25(15-16-8-4-3-5-9-16)30(27,28)21-14-17(12-13-20(21)29-2)22(26)24-19-11-7-6-10-18(19)23/h3-14H,15H2,1-2H3,(H,24,26). The van der Waals surface area contributed by atoms with Crippen LogP contribution in [0.5, 0.6) is 5.75 Å². The van der Waals surface area contributed by atoms with Gasteiger partial charge in [-0.3, -0.25) is 4.79 Å². The number of benzene rings is 3. The Morgan fingerprint density at radius 3 is 2.37 bits per heavy atom. The van der Waals surface area contributed by atoms with E-state index in [1.165, 1.54) is 36.7 Å². The van der Waals surface area contributed by atoms with E-state index in [0.717, 1.165) is 5.56 Å². The fourth-order valence-electron chi connectivity index (χ4n) is 2.87. The Morgan fingerprint density at radius 1 is 1.03 bits per heavy atom. The van der Waals surface area contributed by atoms with E-state index in [1.54, 1.807) is 24.3 Å². The molecule has 1 amide bonds. The lowest BCUT2D eigenvalue weighted by Crippen LogP contribution is -2.27. The molecule has 0 aromatic heterocycles. The van der Waals surface area contributed by atoms with Crippen molar-refractivity contribution >= 4 is 33.2 Å². The normalized spacial score (nSPS) is 11.3. The maximum Gasteiger partial charge on any atom is 0.255 e. The first-order valence-corrected chi connectivity index (χ1v) is 10.9. The molecule has 0 saturated heterocycles. The number of halogens is 1. The second kappa shape index (κ2) is 9.30. The van der Waals surface area contributed by atoms with Gasteiger partial charge in [0.2, 0.25) is 10.0 Å². The quantitative estimate of drug-likeness (QED) is 0.585. The van der Waals surface area contributed by atoms with Gasteiger partial charge in [-0.15, -0.1) is 0 Å². The van der Waals surface area contributed by atoms with Gasteiger partial charge in [-0.05, 0) is 35.9 Å². The van der Waals surface area contributed by atoms with Crippen molar-refractivity contribution in [2.24, 2.45) is 0 Å². The van der Waals surface area contributed by atoms with Crippen LogP contribution in [0.3, 0.4) is 0 Å². The summed E-state index contributed by atoms with van der Waals surface area (Å²) in [7, 11) is -1.05. The van der Waals surface area contributed by atoms with E-state index < -0.39 is 15.9 Å². The molecule has 0 radical (unpaired) electrons. The Labute approximate surface area is 181 Å². The summed E-state index contributed by atoms with van der Waals surface area (Å²) in [6.45, 7) is 0.183. The highest BCUT2D eigenvalue weighted by Crippen LogP contribution is 2.29. The maximum atomic E-state index is 13.2. The first-order chi connectivity index (χ1) is 14.3. The Hall–Kier alpha value is -2.87. The summed E-state index contributed by atoms with van der Waals surface area (Å²) < 4.78 is 32.9. The van der Waals surface area contributed by atoms with Gasteiger partial charge in [0.1, 0.15) is 10.6 Å². The zero-order valence-corrected chi connectivity index (χ0v) is 18.1. The molecule has 0 aliphatic rings. The van der Waals surface area contributed by atoms with Gasteiger partial charge < -0.3 is 10.1 Å². The monoisotopic (exact) mass is 444 g/mol. The molecule has 0 aliphatic carbocycles. The number of sulfonamides is 1. The average molecular weight is 445 g/mol. The Kier molecular flexibility index (Phi) is 6.77. The molecular formula is C22H21ClN2O4S. The number of nitrogens with zero attached hydrogens (tertiary/aromatic N) is 1.